The first kappa shape index (κ1) is 40.4. The van der Waals surface area contributed by atoms with Gasteiger partial charge in [0.15, 0.2) is 12.5 Å². The zero-order valence-electron chi connectivity index (χ0n) is 30.5. The molecule has 10 nitrogen and oxygen atoms in total. The number of carbonyl (C=O) groups is 2. The number of rotatable bonds is 18. The minimum absolute atomic E-state index is 0.167. The van der Waals surface area contributed by atoms with E-state index in [1.807, 2.05) is 60.7 Å². The molecule has 0 heterocycles. The molecule has 0 bridgehead atoms. The highest BCUT2D eigenvalue weighted by Crippen LogP contribution is 2.24. The standard InChI is InChI=1S/C40H48N2O8S2/c1-41(2)37(31(25-29-13-9-7-10-14-29)27-47-33-17-21-35(22-18-33)51(5)45)49-39(43)40(44)50-38(42(3)4)32(26-30-15-11-8-12-16-30)28-48-34-19-23-36(24-20-34)52(6)46/h7-24,31-32,37-38H,25-28H2,1-6H3. The monoisotopic (exact) mass is 748 g/mol. The smallest absolute Gasteiger partial charge is 0.419 e. The quantitative estimate of drug-likeness (QED) is 0.0766. The van der Waals surface area contributed by atoms with Crippen LogP contribution in [-0.4, -0.2) is 96.5 Å². The Kier molecular flexibility index (Phi) is 15.6. The van der Waals surface area contributed by atoms with E-state index in [1.54, 1.807) is 99.0 Å². The normalized spacial score (nSPS) is 14.8. The van der Waals surface area contributed by atoms with Crippen LogP contribution >= 0.6 is 0 Å². The Morgan fingerprint density at radius 1 is 0.538 bits per heavy atom. The lowest BCUT2D eigenvalue weighted by Crippen LogP contribution is -2.47. The molecule has 0 aliphatic rings. The second-order valence-electron chi connectivity index (χ2n) is 12.9. The average molecular weight is 749 g/mol. The fourth-order valence-corrected chi connectivity index (χ4v) is 6.78. The molecule has 52 heavy (non-hydrogen) atoms. The molecule has 0 radical (unpaired) electrons. The van der Waals surface area contributed by atoms with Gasteiger partial charge in [0.2, 0.25) is 0 Å². The molecule has 0 aromatic heterocycles. The number of esters is 2. The summed E-state index contributed by atoms with van der Waals surface area (Å²) in [6, 6.07) is 33.5. The van der Waals surface area contributed by atoms with E-state index in [1.165, 1.54) is 0 Å². The summed E-state index contributed by atoms with van der Waals surface area (Å²) in [5.41, 5.74) is 2.01. The van der Waals surface area contributed by atoms with Crippen molar-refractivity contribution in [3.05, 3.63) is 120 Å². The summed E-state index contributed by atoms with van der Waals surface area (Å²) in [6.45, 7) is 0.334. The second kappa shape index (κ2) is 20.0. The van der Waals surface area contributed by atoms with Gasteiger partial charge in [0, 0.05) is 55.7 Å². The summed E-state index contributed by atoms with van der Waals surface area (Å²) in [6.07, 6.45) is 2.53. The van der Waals surface area contributed by atoms with Gasteiger partial charge in [-0.05, 0) is 101 Å². The Hall–Kier alpha value is -4.36. The van der Waals surface area contributed by atoms with Gasteiger partial charge in [-0.1, -0.05) is 60.7 Å². The summed E-state index contributed by atoms with van der Waals surface area (Å²) in [5, 5.41) is 0. The molecule has 0 aliphatic carbocycles. The van der Waals surface area contributed by atoms with Crippen molar-refractivity contribution in [3.63, 3.8) is 0 Å². The van der Waals surface area contributed by atoms with E-state index in [2.05, 4.69) is 0 Å². The largest absolute Gasteiger partial charge is 0.493 e. The van der Waals surface area contributed by atoms with Gasteiger partial charge >= 0.3 is 11.9 Å². The van der Waals surface area contributed by atoms with E-state index < -0.39 is 46.0 Å². The molecule has 0 aliphatic heterocycles. The average Bonchev–Trinajstić information content (AvgIpc) is 3.14. The van der Waals surface area contributed by atoms with Gasteiger partial charge in [0.1, 0.15) is 11.5 Å². The lowest BCUT2D eigenvalue weighted by molar-refractivity contribution is -0.189. The lowest BCUT2D eigenvalue weighted by Gasteiger charge is -2.33. The maximum atomic E-state index is 13.5. The lowest BCUT2D eigenvalue weighted by atomic mass is 9.97. The summed E-state index contributed by atoms with van der Waals surface area (Å²) < 4.78 is 47.8. The number of hydrogen-bond donors (Lipinski definition) is 0. The topological polar surface area (TPSA) is 112 Å². The van der Waals surface area contributed by atoms with Gasteiger partial charge in [-0.25, -0.2) is 9.59 Å². The van der Waals surface area contributed by atoms with Crippen LogP contribution < -0.4 is 9.47 Å². The summed E-state index contributed by atoms with van der Waals surface area (Å²) in [7, 11) is 4.85. The Morgan fingerprint density at radius 3 is 1.15 bits per heavy atom. The molecule has 4 aromatic rings. The van der Waals surface area contributed by atoms with Crippen molar-refractivity contribution >= 4 is 33.5 Å². The van der Waals surface area contributed by atoms with Crippen molar-refractivity contribution in [2.24, 2.45) is 11.8 Å². The first-order chi connectivity index (χ1) is 24.9. The molecule has 0 spiro atoms. The molecule has 12 heteroatoms. The van der Waals surface area contributed by atoms with Crippen molar-refractivity contribution in [1.29, 1.82) is 0 Å². The molecule has 6 atom stereocenters. The molecule has 0 amide bonds. The van der Waals surface area contributed by atoms with E-state index in [0.29, 0.717) is 34.1 Å². The zero-order chi connectivity index (χ0) is 37.6. The minimum Gasteiger partial charge on any atom is -0.493 e. The predicted molar refractivity (Wildman–Crippen MR) is 203 cm³/mol. The van der Waals surface area contributed by atoms with Gasteiger partial charge in [-0.2, -0.15) is 0 Å². The number of nitrogens with zero attached hydrogens (tertiary/aromatic N) is 2. The van der Waals surface area contributed by atoms with Crippen molar-refractivity contribution in [2.45, 2.75) is 35.1 Å². The Bertz CT molecular complexity index is 1620. The highest BCUT2D eigenvalue weighted by atomic mass is 32.2. The van der Waals surface area contributed by atoms with E-state index in [0.717, 1.165) is 11.1 Å². The van der Waals surface area contributed by atoms with E-state index >= 15 is 0 Å². The molecule has 4 aromatic carbocycles. The van der Waals surface area contributed by atoms with Gasteiger partial charge in [-0.15, -0.1) is 0 Å². The third kappa shape index (κ3) is 12.4. The number of hydrogen-bond acceptors (Lipinski definition) is 10. The highest BCUT2D eigenvalue weighted by Gasteiger charge is 2.35. The van der Waals surface area contributed by atoms with Crippen LogP contribution in [0.2, 0.25) is 0 Å². The van der Waals surface area contributed by atoms with Crippen LogP contribution in [0.15, 0.2) is 119 Å². The van der Waals surface area contributed by atoms with Crippen LogP contribution in [0.1, 0.15) is 11.1 Å². The summed E-state index contributed by atoms with van der Waals surface area (Å²) in [5.74, 6) is -1.86. The van der Waals surface area contributed by atoms with Crippen LogP contribution in [0.5, 0.6) is 11.5 Å². The molecular formula is C40H48N2O8S2. The number of ether oxygens (including phenoxy) is 4. The van der Waals surface area contributed by atoms with Gasteiger partial charge in [0.05, 0.1) is 13.2 Å². The molecule has 6 unspecified atom stereocenters. The zero-order valence-corrected chi connectivity index (χ0v) is 32.1. The van der Waals surface area contributed by atoms with Crippen LogP contribution in [0.3, 0.4) is 0 Å². The maximum Gasteiger partial charge on any atom is 0.419 e. The molecule has 0 fully saturated rings. The summed E-state index contributed by atoms with van der Waals surface area (Å²) in [4.78, 5) is 31.9. The molecule has 0 saturated carbocycles. The number of carbonyl (C=O) groups excluding carboxylic acids is 2. The van der Waals surface area contributed by atoms with Crippen molar-refractivity contribution in [2.75, 3.05) is 53.9 Å². The molecule has 0 saturated heterocycles. The van der Waals surface area contributed by atoms with Crippen molar-refractivity contribution in [1.82, 2.24) is 9.80 Å². The highest BCUT2D eigenvalue weighted by molar-refractivity contribution is 7.84. The van der Waals surface area contributed by atoms with Crippen molar-refractivity contribution in [3.8, 4) is 11.5 Å². The van der Waals surface area contributed by atoms with Crippen LogP contribution in [0, 0.1) is 11.8 Å². The third-order valence-electron chi connectivity index (χ3n) is 8.37. The first-order valence-corrected chi connectivity index (χ1v) is 20.0. The van der Waals surface area contributed by atoms with Crippen LogP contribution in [0.4, 0.5) is 0 Å². The SMILES string of the molecule is CN(C)C(OC(=O)C(=O)OC(C(COc1ccc(S(C)=O)cc1)Cc1ccccc1)N(C)C)C(COc1ccc(S(C)=O)cc1)Cc1ccccc1. The molecule has 278 valence electrons. The van der Waals surface area contributed by atoms with Crippen LogP contribution in [-0.2, 0) is 53.5 Å². The Morgan fingerprint density at radius 2 is 0.865 bits per heavy atom. The van der Waals surface area contributed by atoms with E-state index in [-0.39, 0.29) is 25.0 Å². The fourth-order valence-electron chi connectivity index (χ4n) is 5.74. The Balaban J connectivity index is 1.51. The van der Waals surface area contributed by atoms with Gasteiger partial charge in [0.25, 0.3) is 0 Å². The molecular weight excluding hydrogens is 701 g/mol. The number of benzene rings is 4. The molecule has 0 N–H and O–H groups in total. The maximum absolute atomic E-state index is 13.5. The fraction of sp³-hybridized carbons (Fsp3) is 0.350. The predicted octanol–water partition coefficient (Wildman–Crippen LogP) is 5.20. The van der Waals surface area contributed by atoms with Gasteiger partial charge < -0.3 is 18.9 Å². The second-order valence-corrected chi connectivity index (χ2v) is 15.7. The third-order valence-corrected chi connectivity index (χ3v) is 10.2. The van der Waals surface area contributed by atoms with E-state index in [4.69, 9.17) is 18.9 Å². The van der Waals surface area contributed by atoms with Crippen molar-refractivity contribution < 1.29 is 37.0 Å². The van der Waals surface area contributed by atoms with Crippen LogP contribution in [0.25, 0.3) is 0 Å². The Labute approximate surface area is 311 Å². The van der Waals surface area contributed by atoms with Gasteiger partial charge in [-0.3, -0.25) is 18.2 Å². The van der Waals surface area contributed by atoms with E-state index in [9.17, 15) is 18.0 Å². The summed E-state index contributed by atoms with van der Waals surface area (Å²) >= 11 is 0. The first-order valence-electron chi connectivity index (χ1n) is 16.9. The molecule has 4 rings (SSSR count). The minimum atomic E-state index is -1.12.